The number of aromatic nitrogens is 2. The molecule has 0 atom stereocenters. The van der Waals surface area contributed by atoms with E-state index in [1.807, 2.05) is 42.5 Å². The first-order valence-corrected chi connectivity index (χ1v) is 11.1. The zero-order valence-electron chi connectivity index (χ0n) is 19.2. The molecule has 2 aromatic carbocycles. The van der Waals surface area contributed by atoms with E-state index in [4.69, 9.17) is 18.6 Å². The highest BCUT2D eigenvalue weighted by Crippen LogP contribution is 2.32. The van der Waals surface area contributed by atoms with Crippen LogP contribution in [0.2, 0.25) is 0 Å². The van der Waals surface area contributed by atoms with Crippen molar-refractivity contribution in [2.24, 2.45) is 5.10 Å². The molecule has 5 rings (SSSR count). The highest BCUT2D eigenvalue weighted by atomic mass is 16.5. The van der Waals surface area contributed by atoms with Gasteiger partial charge in [0, 0.05) is 19.2 Å². The molecule has 0 saturated carbocycles. The smallest absolute Gasteiger partial charge is 0.282 e. The van der Waals surface area contributed by atoms with Crippen LogP contribution >= 0.6 is 0 Å². The van der Waals surface area contributed by atoms with E-state index >= 15 is 0 Å². The molecule has 0 radical (unpaired) electrons. The van der Waals surface area contributed by atoms with Crippen molar-refractivity contribution in [3.63, 3.8) is 0 Å². The fourth-order valence-corrected chi connectivity index (χ4v) is 3.94. The predicted octanol–water partition coefficient (Wildman–Crippen LogP) is 5.14. The molecule has 172 valence electrons. The third-order valence-corrected chi connectivity index (χ3v) is 5.70. The largest absolute Gasteiger partial charge is 0.496 e. The van der Waals surface area contributed by atoms with Crippen LogP contribution in [0, 0.1) is 0 Å². The van der Waals surface area contributed by atoms with E-state index < -0.39 is 0 Å². The van der Waals surface area contributed by atoms with Gasteiger partial charge in [-0.3, -0.25) is 4.79 Å². The highest BCUT2D eigenvalue weighted by Gasteiger charge is 2.18. The van der Waals surface area contributed by atoms with Gasteiger partial charge in [0.05, 0.1) is 29.6 Å². The number of ether oxygens (including phenoxy) is 1. The Morgan fingerprint density at radius 1 is 1.03 bits per heavy atom. The first-order chi connectivity index (χ1) is 16.6. The SMILES string of the molecule is CCN(CC)c1ccc(C=Nn2c(-c3cc4c(OC)cccc4o3)nc3ccccc3c2=O)o1. The molecule has 0 aliphatic carbocycles. The molecule has 8 heteroatoms. The Labute approximate surface area is 195 Å². The maximum atomic E-state index is 13.4. The molecule has 8 nitrogen and oxygen atoms in total. The minimum Gasteiger partial charge on any atom is -0.496 e. The average molecular weight is 457 g/mol. The minimum absolute atomic E-state index is 0.286. The van der Waals surface area contributed by atoms with E-state index in [9.17, 15) is 4.79 Å². The Balaban J connectivity index is 1.66. The number of rotatable bonds is 7. The summed E-state index contributed by atoms with van der Waals surface area (Å²) < 4.78 is 18.6. The summed E-state index contributed by atoms with van der Waals surface area (Å²) in [6.07, 6.45) is 1.51. The summed E-state index contributed by atoms with van der Waals surface area (Å²) in [7, 11) is 1.60. The lowest BCUT2D eigenvalue weighted by molar-refractivity contribution is 0.419. The maximum Gasteiger partial charge on any atom is 0.282 e. The van der Waals surface area contributed by atoms with Crippen LogP contribution in [0.15, 0.2) is 79.4 Å². The summed E-state index contributed by atoms with van der Waals surface area (Å²) in [5, 5.41) is 5.70. The first-order valence-electron chi connectivity index (χ1n) is 11.1. The molecule has 3 heterocycles. The fourth-order valence-electron chi connectivity index (χ4n) is 3.94. The molecule has 0 fully saturated rings. The quantitative estimate of drug-likeness (QED) is 0.315. The monoisotopic (exact) mass is 456 g/mol. The molecule has 0 aliphatic rings. The Kier molecular flexibility index (Phi) is 5.63. The van der Waals surface area contributed by atoms with Gasteiger partial charge in [0.1, 0.15) is 17.1 Å². The molecular weight excluding hydrogens is 432 g/mol. The van der Waals surface area contributed by atoms with Crippen LogP contribution in [-0.4, -0.2) is 36.1 Å². The van der Waals surface area contributed by atoms with E-state index in [1.54, 1.807) is 25.3 Å². The van der Waals surface area contributed by atoms with Crippen LogP contribution < -0.4 is 15.2 Å². The van der Waals surface area contributed by atoms with Crippen molar-refractivity contribution in [2.75, 3.05) is 25.1 Å². The lowest BCUT2D eigenvalue weighted by Crippen LogP contribution is -2.21. The van der Waals surface area contributed by atoms with Crippen LogP contribution in [0.3, 0.4) is 0 Å². The molecule has 0 amide bonds. The van der Waals surface area contributed by atoms with Gasteiger partial charge in [0.15, 0.2) is 11.6 Å². The molecule has 0 N–H and O–H groups in total. The van der Waals surface area contributed by atoms with Gasteiger partial charge >= 0.3 is 0 Å². The molecule has 0 unspecified atom stereocenters. The number of nitrogens with zero attached hydrogens (tertiary/aromatic N) is 4. The lowest BCUT2D eigenvalue weighted by atomic mass is 10.2. The number of benzene rings is 2. The van der Waals surface area contributed by atoms with Crippen LogP contribution in [0.4, 0.5) is 5.88 Å². The number of fused-ring (bicyclic) bond motifs is 2. The van der Waals surface area contributed by atoms with Crippen LogP contribution in [-0.2, 0) is 0 Å². The Hall–Kier alpha value is -4.33. The number of methoxy groups -OCH3 is 1. The van der Waals surface area contributed by atoms with Gasteiger partial charge in [0.2, 0.25) is 5.82 Å². The number of para-hydroxylation sites is 1. The van der Waals surface area contributed by atoms with E-state index in [2.05, 4.69) is 23.8 Å². The summed E-state index contributed by atoms with van der Waals surface area (Å²) in [5.74, 6) is 2.64. The number of hydrogen-bond acceptors (Lipinski definition) is 7. The zero-order chi connectivity index (χ0) is 23.7. The molecule has 0 bridgehead atoms. The third kappa shape index (κ3) is 3.73. The van der Waals surface area contributed by atoms with Gasteiger partial charge in [-0.05, 0) is 50.2 Å². The normalized spacial score (nSPS) is 11.6. The minimum atomic E-state index is -0.306. The van der Waals surface area contributed by atoms with Gasteiger partial charge in [-0.15, -0.1) is 0 Å². The summed E-state index contributed by atoms with van der Waals surface area (Å²) in [5.41, 5.74) is 0.880. The molecular formula is C26H24N4O4. The molecule has 3 aromatic heterocycles. The molecule has 0 aliphatic heterocycles. The Morgan fingerprint density at radius 2 is 1.85 bits per heavy atom. The second-order valence-corrected chi connectivity index (χ2v) is 7.65. The van der Waals surface area contributed by atoms with Crippen LogP contribution in [0.25, 0.3) is 33.5 Å². The van der Waals surface area contributed by atoms with E-state index in [0.29, 0.717) is 33.8 Å². The second kappa shape index (κ2) is 8.90. The van der Waals surface area contributed by atoms with Crippen molar-refractivity contribution in [3.8, 4) is 17.3 Å². The topological polar surface area (TPSA) is 86.0 Å². The second-order valence-electron chi connectivity index (χ2n) is 7.65. The Bertz CT molecular complexity index is 1560. The highest BCUT2D eigenvalue weighted by molar-refractivity contribution is 5.88. The van der Waals surface area contributed by atoms with Crippen molar-refractivity contribution in [2.45, 2.75) is 13.8 Å². The van der Waals surface area contributed by atoms with Gasteiger partial charge < -0.3 is 18.5 Å². The third-order valence-electron chi connectivity index (χ3n) is 5.70. The van der Waals surface area contributed by atoms with Crippen LogP contribution in [0.1, 0.15) is 19.6 Å². The summed E-state index contributed by atoms with van der Waals surface area (Å²) in [6, 6.07) is 18.2. The average Bonchev–Trinajstić information content (AvgIpc) is 3.51. The van der Waals surface area contributed by atoms with E-state index in [1.165, 1.54) is 10.9 Å². The van der Waals surface area contributed by atoms with Gasteiger partial charge in [-0.2, -0.15) is 9.78 Å². The summed E-state index contributed by atoms with van der Waals surface area (Å²) >= 11 is 0. The molecule has 0 spiro atoms. The van der Waals surface area contributed by atoms with Crippen LogP contribution in [0.5, 0.6) is 5.75 Å². The lowest BCUT2D eigenvalue weighted by Gasteiger charge is -2.16. The fraction of sp³-hybridized carbons (Fsp3) is 0.192. The summed E-state index contributed by atoms with van der Waals surface area (Å²) in [6.45, 7) is 5.78. The van der Waals surface area contributed by atoms with Crippen molar-refractivity contribution >= 4 is 34.0 Å². The number of furan rings is 2. The molecule has 0 saturated heterocycles. The van der Waals surface area contributed by atoms with Crippen molar-refractivity contribution in [1.82, 2.24) is 9.66 Å². The van der Waals surface area contributed by atoms with Gasteiger partial charge in [0.25, 0.3) is 5.56 Å². The number of hydrogen-bond donors (Lipinski definition) is 0. The zero-order valence-corrected chi connectivity index (χ0v) is 19.2. The van der Waals surface area contributed by atoms with E-state index in [-0.39, 0.29) is 11.4 Å². The standard InChI is InChI=1S/C26H24N4O4/c1-4-29(5-2)24-14-13-17(33-24)16-27-30-25(28-20-10-7-6-9-18(20)26(30)31)23-15-19-21(32-3)11-8-12-22(19)34-23/h6-16H,4-5H2,1-3H3. The summed E-state index contributed by atoms with van der Waals surface area (Å²) in [4.78, 5) is 20.2. The first kappa shape index (κ1) is 21.5. The number of anilines is 1. The van der Waals surface area contributed by atoms with Gasteiger partial charge in [-0.1, -0.05) is 18.2 Å². The van der Waals surface area contributed by atoms with E-state index in [0.717, 1.165) is 24.4 Å². The molecule has 34 heavy (non-hydrogen) atoms. The van der Waals surface area contributed by atoms with Crippen molar-refractivity contribution < 1.29 is 13.6 Å². The Morgan fingerprint density at radius 3 is 2.65 bits per heavy atom. The van der Waals surface area contributed by atoms with Crippen molar-refractivity contribution in [1.29, 1.82) is 0 Å². The predicted molar refractivity (Wildman–Crippen MR) is 133 cm³/mol. The molecule has 5 aromatic rings. The maximum absolute atomic E-state index is 13.4. The van der Waals surface area contributed by atoms with Crippen molar-refractivity contribution in [3.05, 3.63) is 76.8 Å². The van der Waals surface area contributed by atoms with Gasteiger partial charge in [-0.25, -0.2) is 4.98 Å².